The molecule has 0 atom stereocenters. The van der Waals surface area contributed by atoms with Crippen molar-refractivity contribution in [3.8, 4) is 5.75 Å². The van der Waals surface area contributed by atoms with Crippen LogP contribution in [0.2, 0.25) is 0 Å². The summed E-state index contributed by atoms with van der Waals surface area (Å²) in [6.45, 7) is 2.76. The number of benzene rings is 2. The number of nitrogens with zero attached hydrogens (tertiary/aromatic N) is 3. The van der Waals surface area contributed by atoms with Crippen LogP contribution < -0.4 is 15.4 Å². The minimum Gasteiger partial charge on any atom is -0.492 e. The minimum atomic E-state index is -0.276. The van der Waals surface area contributed by atoms with Gasteiger partial charge in [0.05, 0.1) is 18.8 Å². The molecule has 0 bridgehead atoms. The van der Waals surface area contributed by atoms with Crippen LogP contribution in [0.25, 0.3) is 0 Å². The number of nitrogens with one attached hydrogen (secondary N) is 2. The highest BCUT2D eigenvalue weighted by molar-refractivity contribution is 7.80. The van der Waals surface area contributed by atoms with E-state index in [9.17, 15) is 4.39 Å². The molecule has 8 heteroatoms. The second-order valence-electron chi connectivity index (χ2n) is 5.37. The first-order valence-corrected chi connectivity index (χ1v) is 8.49. The maximum Gasteiger partial charge on any atom is 0.248 e. The van der Waals surface area contributed by atoms with Gasteiger partial charge in [-0.2, -0.15) is 0 Å². The van der Waals surface area contributed by atoms with Gasteiger partial charge in [-0.25, -0.2) is 14.1 Å². The van der Waals surface area contributed by atoms with E-state index in [1.54, 1.807) is 18.2 Å². The lowest BCUT2D eigenvalue weighted by Crippen LogP contribution is -2.20. The summed E-state index contributed by atoms with van der Waals surface area (Å²) in [5.74, 6) is 0.757. The van der Waals surface area contributed by atoms with Crippen LogP contribution >= 0.6 is 12.2 Å². The van der Waals surface area contributed by atoms with E-state index in [0.29, 0.717) is 29.0 Å². The highest BCUT2D eigenvalue weighted by atomic mass is 32.1. The van der Waals surface area contributed by atoms with Crippen molar-refractivity contribution in [1.29, 1.82) is 0 Å². The predicted octanol–water partition coefficient (Wildman–Crippen LogP) is 3.67. The van der Waals surface area contributed by atoms with Gasteiger partial charge in [-0.1, -0.05) is 30.3 Å². The summed E-state index contributed by atoms with van der Waals surface area (Å²) in [6, 6.07) is 14.1. The molecule has 0 spiro atoms. The van der Waals surface area contributed by atoms with E-state index in [1.165, 1.54) is 17.1 Å². The van der Waals surface area contributed by atoms with Crippen molar-refractivity contribution in [2.24, 2.45) is 0 Å². The molecule has 2 N–H and O–H groups in total. The molecule has 134 valence electrons. The van der Waals surface area contributed by atoms with Crippen molar-refractivity contribution < 1.29 is 9.13 Å². The summed E-state index contributed by atoms with van der Waals surface area (Å²) < 4.78 is 20.8. The Morgan fingerprint density at radius 1 is 1.15 bits per heavy atom. The minimum absolute atomic E-state index is 0.276. The van der Waals surface area contributed by atoms with Crippen LogP contribution in [0.15, 0.2) is 54.9 Å². The SMILES string of the molecule is CCOc1ccccc1NC(=S)Nc1ncn(Cc2ccccc2F)n1. The summed E-state index contributed by atoms with van der Waals surface area (Å²) in [5, 5.41) is 10.6. The van der Waals surface area contributed by atoms with Crippen LogP contribution in [-0.2, 0) is 6.54 Å². The van der Waals surface area contributed by atoms with Crippen LogP contribution in [0.3, 0.4) is 0 Å². The molecule has 6 nitrogen and oxygen atoms in total. The van der Waals surface area contributed by atoms with E-state index in [1.807, 2.05) is 31.2 Å². The Labute approximate surface area is 156 Å². The number of hydrogen-bond acceptors (Lipinski definition) is 4. The summed E-state index contributed by atoms with van der Waals surface area (Å²) in [5.41, 5.74) is 1.29. The third kappa shape index (κ3) is 4.54. The number of aromatic nitrogens is 3. The van der Waals surface area contributed by atoms with Crippen LogP contribution in [0, 0.1) is 5.82 Å². The van der Waals surface area contributed by atoms with Crippen molar-refractivity contribution in [2.75, 3.05) is 17.2 Å². The average Bonchev–Trinajstić information content (AvgIpc) is 3.06. The zero-order valence-electron chi connectivity index (χ0n) is 14.1. The molecule has 0 amide bonds. The van der Waals surface area contributed by atoms with Gasteiger partial charge in [0.25, 0.3) is 0 Å². The van der Waals surface area contributed by atoms with E-state index < -0.39 is 0 Å². The van der Waals surface area contributed by atoms with Crippen molar-refractivity contribution in [2.45, 2.75) is 13.5 Å². The molecule has 0 aliphatic heterocycles. The van der Waals surface area contributed by atoms with Crippen molar-refractivity contribution >= 4 is 29.0 Å². The van der Waals surface area contributed by atoms with Gasteiger partial charge in [0.15, 0.2) is 5.11 Å². The van der Waals surface area contributed by atoms with E-state index in [4.69, 9.17) is 17.0 Å². The predicted molar refractivity (Wildman–Crippen MR) is 103 cm³/mol. The van der Waals surface area contributed by atoms with Gasteiger partial charge in [0.1, 0.15) is 17.9 Å². The van der Waals surface area contributed by atoms with E-state index in [2.05, 4.69) is 20.7 Å². The fourth-order valence-corrected chi connectivity index (χ4v) is 2.54. The number of ether oxygens (including phenoxy) is 1. The third-order valence-electron chi connectivity index (χ3n) is 3.49. The zero-order chi connectivity index (χ0) is 18.4. The third-order valence-corrected chi connectivity index (χ3v) is 3.69. The lowest BCUT2D eigenvalue weighted by atomic mass is 10.2. The lowest BCUT2D eigenvalue weighted by Gasteiger charge is -2.12. The molecule has 0 radical (unpaired) electrons. The lowest BCUT2D eigenvalue weighted by molar-refractivity contribution is 0.342. The van der Waals surface area contributed by atoms with Crippen LogP contribution in [0.4, 0.5) is 16.0 Å². The smallest absolute Gasteiger partial charge is 0.248 e. The highest BCUT2D eigenvalue weighted by Gasteiger charge is 2.08. The second-order valence-corrected chi connectivity index (χ2v) is 5.77. The van der Waals surface area contributed by atoms with Gasteiger partial charge in [0, 0.05) is 5.56 Å². The molecule has 1 aromatic heterocycles. The number of rotatable bonds is 6. The summed E-state index contributed by atoms with van der Waals surface area (Å²) in [7, 11) is 0. The first kappa shape index (κ1) is 17.8. The van der Waals surface area contributed by atoms with Gasteiger partial charge < -0.3 is 10.1 Å². The summed E-state index contributed by atoms with van der Waals surface area (Å²) in [4.78, 5) is 4.14. The van der Waals surface area contributed by atoms with Crippen LogP contribution in [0.5, 0.6) is 5.75 Å². The molecule has 0 aliphatic carbocycles. The Morgan fingerprint density at radius 2 is 1.92 bits per heavy atom. The molecule has 0 saturated carbocycles. The standard InChI is InChI=1S/C18H18FN5OS/c1-2-25-16-10-6-5-9-15(16)21-18(26)22-17-20-12-24(23-17)11-13-7-3-4-8-14(13)19/h3-10,12H,2,11H2,1H3,(H2,21,22,23,26). The molecule has 3 aromatic rings. The first-order chi connectivity index (χ1) is 12.7. The number of halogens is 1. The topological polar surface area (TPSA) is 64.0 Å². The number of hydrogen-bond donors (Lipinski definition) is 2. The Kier molecular flexibility index (Phi) is 5.75. The molecular weight excluding hydrogens is 353 g/mol. The average molecular weight is 371 g/mol. The number of para-hydroxylation sites is 2. The molecule has 0 saturated heterocycles. The molecular formula is C18H18FN5OS. The molecule has 0 unspecified atom stereocenters. The molecule has 0 aliphatic rings. The summed E-state index contributed by atoms with van der Waals surface area (Å²) in [6.07, 6.45) is 1.52. The van der Waals surface area contributed by atoms with E-state index in [0.717, 1.165) is 5.69 Å². The maximum atomic E-state index is 13.7. The molecule has 0 fully saturated rings. The maximum absolute atomic E-state index is 13.7. The molecule has 3 rings (SSSR count). The fraction of sp³-hybridized carbons (Fsp3) is 0.167. The Balaban J connectivity index is 1.62. The van der Waals surface area contributed by atoms with Crippen molar-refractivity contribution in [1.82, 2.24) is 14.8 Å². The van der Waals surface area contributed by atoms with Gasteiger partial charge in [-0.15, -0.1) is 5.10 Å². The zero-order valence-corrected chi connectivity index (χ0v) is 15.0. The Morgan fingerprint density at radius 3 is 2.73 bits per heavy atom. The van der Waals surface area contributed by atoms with Gasteiger partial charge in [-0.05, 0) is 37.3 Å². The molecule has 1 heterocycles. The second kappa shape index (κ2) is 8.39. The fourth-order valence-electron chi connectivity index (χ4n) is 2.34. The number of anilines is 2. The van der Waals surface area contributed by atoms with Gasteiger partial charge >= 0.3 is 0 Å². The monoisotopic (exact) mass is 371 g/mol. The number of thiocarbonyl (C=S) groups is 1. The molecule has 2 aromatic carbocycles. The Bertz CT molecular complexity index is 899. The van der Waals surface area contributed by atoms with E-state index >= 15 is 0 Å². The quantitative estimate of drug-likeness (QED) is 0.645. The molecule has 26 heavy (non-hydrogen) atoms. The van der Waals surface area contributed by atoms with Gasteiger partial charge in [-0.3, -0.25) is 5.32 Å². The van der Waals surface area contributed by atoms with Crippen molar-refractivity contribution in [3.05, 3.63) is 66.2 Å². The van der Waals surface area contributed by atoms with Crippen LogP contribution in [-0.4, -0.2) is 26.5 Å². The largest absolute Gasteiger partial charge is 0.492 e. The van der Waals surface area contributed by atoms with Gasteiger partial charge in [0.2, 0.25) is 5.95 Å². The normalized spacial score (nSPS) is 10.4. The van der Waals surface area contributed by atoms with Crippen LogP contribution in [0.1, 0.15) is 12.5 Å². The first-order valence-electron chi connectivity index (χ1n) is 8.08. The summed E-state index contributed by atoms with van der Waals surface area (Å²) >= 11 is 5.29. The van der Waals surface area contributed by atoms with E-state index in [-0.39, 0.29) is 12.4 Å². The highest BCUT2D eigenvalue weighted by Crippen LogP contribution is 2.23. The Hall–Kier alpha value is -3.00. The van der Waals surface area contributed by atoms with Crippen molar-refractivity contribution in [3.63, 3.8) is 0 Å².